The van der Waals surface area contributed by atoms with E-state index in [1.807, 2.05) is 6.92 Å². The standard InChI is InChI=1S/C26H25ClF3N3O3/c1-2-36-18-7-5-6-17(15-18)22-31-23(33-24(35)32-22)19-14-16(8-10-20(19)27)9-11-21(34)25(26(28,29)30)12-3-4-13-25/h5-8,10,14-15H,2-4,9,11-13H2,1H3,(H,31,32,33,35). The number of H-pyrrole nitrogens is 1. The molecule has 0 amide bonds. The van der Waals surface area contributed by atoms with Gasteiger partial charge in [0.05, 0.1) is 11.6 Å². The van der Waals surface area contributed by atoms with Crippen molar-refractivity contribution < 1.29 is 22.7 Å². The van der Waals surface area contributed by atoms with Gasteiger partial charge in [-0.2, -0.15) is 18.2 Å². The van der Waals surface area contributed by atoms with Gasteiger partial charge in [0.1, 0.15) is 22.8 Å². The first-order chi connectivity index (χ1) is 17.1. The van der Waals surface area contributed by atoms with Crippen molar-refractivity contribution in [1.29, 1.82) is 0 Å². The van der Waals surface area contributed by atoms with Gasteiger partial charge in [-0.05, 0) is 56.0 Å². The van der Waals surface area contributed by atoms with E-state index in [4.69, 9.17) is 16.3 Å². The molecule has 1 aliphatic carbocycles. The molecule has 1 saturated carbocycles. The highest BCUT2D eigenvalue weighted by atomic mass is 35.5. The number of carbonyl (C=O) groups excluding carboxylic acids is 1. The van der Waals surface area contributed by atoms with Crippen LogP contribution >= 0.6 is 11.6 Å². The van der Waals surface area contributed by atoms with Gasteiger partial charge < -0.3 is 4.74 Å². The van der Waals surface area contributed by atoms with Crippen LogP contribution in [0.15, 0.2) is 47.3 Å². The van der Waals surface area contributed by atoms with Crippen LogP contribution < -0.4 is 10.4 Å². The monoisotopic (exact) mass is 519 g/mol. The van der Waals surface area contributed by atoms with Crippen molar-refractivity contribution in [3.63, 3.8) is 0 Å². The summed E-state index contributed by atoms with van der Waals surface area (Å²) in [5.41, 5.74) is -1.32. The van der Waals surface area contributed by atoms with E-state index in [0.717, 1.165) is 0 Å². The van der Waals surface area contributed by atoms with E-state index >= 15 is 0 Å². The lowest BCUT2D eigenvalue weighted by molar-refractivity contribution is -0.218. The first kappa shape index (κ1) is 25.9. The van der Waals surface area contributed by atoms with Crippen LogP contribution in [0.25, 0.3) is 22.8 Å². The van der Waals surface area contributed by atoms with Crippen molar-refractivity contribution in [1.82, 2.24) is 15.0 Å². The smallest absolute Gasteiger partial charge is 0.401 e. The third-order valence-corrected chi connectivity index (χ3v) is 6.84. The molecule has 3 aromatic rings. The maximum atomic E-state index is 13.7. The number of benzene rings is 2. The molecule has 2 aromatic carbocycles. The van der Waals surface area contributed by atoms with Gasteiger partial charge in [-0.1, -0.05) is 42.6 Å². The number of aryl methyl sites for hydroxylation is 1. The minimum Gasteiger partial charge on any atom is -0.494 e. The Morgan fingerprint density at radius 1 is 1.14 bits per heavy atom. The minimum atomic E-state index is -4.55. The van der Waals surface area contributed by atoms with Crippen molar-refractivity contribution in [2.45, 2.75) is 51.6 Å². The average molecular weight is 520 g/mol. The zero-order chi connectivity index (χ0) is 25.9. The van der Waals surface area contributed by atoms with E-state index in [1.54, 1.807) is 42.5 Å². The number of rotatable bonds is 8. The van der Waals surface area contributed by atoms with E-state index in [-0.39, 0.29) is 42.4 Å². The number of ketones is 1. The highest BCUT2D eigenvalue weighted by molar-refractivity contribution is 6.33. The Morgan fingerprint density at radius 3 is 2.58 bits per heavy atom. The molecule has 4 rings (SSSR count). The molecule has 6 nitrogen and oxygen atoms in total. The largest absolute Gasteiger partial charge is 0.494 e. The molecule has 0 aliphatic heterocycles. The molecule has 1 aromatic heterocycles. The molecule has 190 valence electrons. The van der Waals surface area contributed by atoms with E-state index in [2.05, 4.69) is 15.0 Å². The number of carbonyl (C=O) groups is 1. The second-order valence-corrected chi connectivity index (χ2v) is 9.22. The molecular weight excluding hydrogens is 495 g/mol. The summed E-state index contributed by atoms with van der Waals surface area (Å²) in [5, 5.41) is 0.288. The van der Waals surface area contributed by atoms with Crippen molar-refractivity contribution in [3.8, 4) is 28.5 Å². The zero-order valence-electron chi connectivity index (χ0n) is 19.6. The number of ether oxygens (including phenoxy) is 1. The van der Waals surface area contributed by atoms with Crippen LogP contribution in [-0.4, -0.2) is 33.5 Å². The average Bonchev–Trinajstić information content (AvgIpc) is 3.35. The summed E-state index contributed by atoms with van der Waals surface area (Å²) in [4.78, 5) is 36.0. The van der Waals surface area contributed by atoms with Crippen molar-refractivity contribution in [2.75, 3.05) is 6.61 Å². The second-order valence-electron chi connectivity index (χ2n) is 8.81. The number of nitrogens with zero attached hydrogens (tertiary/aromatic N) is 2. The summed E-state index contributed by atoms with van der Waals surface area (Å²) in [7, 11) is 0. The summed E-state index contributed by atoms with van der Waals surface area (Å²) in [6.45, 7) is 2.33. The van der Waals surface area contributed by atoms with Crippen LogP contribution in [0.2, 0.25) is 5.02 Å². The number of alkyl halides is 3. The summed E-state index contributed by atoms with van der Waals surface area (Å²) < 4.78 is 46.7. The number of aromatic amines is 1. The van der Waals surface area contributed by atoms with Gasteiger partial charge in [0.15, 0.2) is 5.82 Å². The Balaban J connectivity index is 1.60. The number of hydrogen-bond donors (Lipinski definition) is 1. The molecule has 1 heterocycles. The van der Waals surface area contributed by atoms with E-state index in [0.29, 0.717) is 41.9 Å². The lowest BCUT2D eigenvalue weighted by Gasteiger charge is -2.30. The summed E-state index contributed by atoms with van der Waals surface area (Å²) >= 11 is 6.38. The van der Waals surface area contributed by atoms with Crippen molar-refractivity contribution in [2.24, 2.45) is 5.41 Å². The van der Waals surface area contributed by atoms with Crippen molar-refractivity contribution in [3.05, 3.63) is 63.5 Å². The lowest BCUT2D eigenvalue weighted by Crippen LogP contribution is -2.42. The summed E-state index contributed by atoms with van der Waals surface area (Å²) in [6.07, 6.45) is -4.20. The summed E-state index contributed by atoms with van der Waals surface area (Å²) in [6, 6.07) is 11.8. The second kappa shape index (κ2) is 10.4. The van der Waals surface area contributed by atoms with E-state index < -0.39 is 23.1 Å². The van der Waals surface area contributed by atoms with Crippen molar-refractivity contribution >= 4 is 17.4 Å². The van der Waals surface area contributed by atoms with E-state index in [9.17, 15) is 22.8 Å². The van der Waals surface area contributed by atoms with Gasteiger partial charge in [0.2, 0.25) is 0 Å². The van der Waals surface area contributed by atoms with Gasteiger partial charge in [0, 0.05) is 17.5 Å². The fraction of sp³-hybridized carbons (Fsp3) is 0.385. The Labute approximate surface area is 210 Å². The van der Waals surface area contributed by atoms with Crippen LogP contribution in [-0.2, 0) is 11.2 Å². The molecule has 0 radical (unpaired) electrons. The minimum absolute atomic E-state index is 0.111. The molecular formula is C26H25ClF3N3O3. The quantitative estimate of drug-likeness (QED) is 0.384. The van der Waals surface area contributed by atoms with Gasteiger partial charge in [-0.25, -0.2) is 9.78 Å². The number of halogens is 4. The fourth-order valence-electron chi connectivity index (χ4n) is 4.64. The molecule has 0 atom stereocenters. The first-order valence-corrected chi connectivity index (χ1v) is 12.1. The van der Waals surface area contributed by atoms with Crippen LogP contribution in [0.4, 0.5) is 13.2 Å². The Bertz CT molecular complexity index is 1320. The van der Waals surface area contributed by atoms with E-state index in [1.165, 1.54) is 0 Å². The molecule has 0 spiro atoms. The Hall–Kier alpha value is -3.20. The van der Waals surface area contributed by atoms with Crippen LogP contribution in [0.3, 0.4) is 0 Å². The van der Waals surface area contributed by atoms with Crippen LogP contribution in [0.1, 0.15) is 44.6 Å². The zero-order valence-corrected chi connectivity index (χ0v) is 20.4. The van der Waals surface area contributed by atoms with Gasteiger partial charge in [-0.3, -0.25) is 9.78 Å². The molecule has 0 unspecified atom stereocenters. The Morgan fingerprint density at radius 2 is 1.89 bits per heavy atom. The lowest BCUT2D eigenvalue weighted by atomic mass is 9.78. The number of Topliss-reactive ketones (excluding diaryl/α,β-unsaturated/α-hetero) is 1. The normalized spacial score (nSPS) is 15.1. The maximum Gasteiger partial charge on any atom is 0.401 e. The van der Waals surface area contributed by atoms with Crippen LogP contribution in [0, 0.1) is 5.41 Å². The fourth-order valence-corrected chi connectivity index (χ4v) is 4.85. The summed E-state index contributed by atoms with van der Waals surface area (Å²) in [5.74, 6) is 0.146. The molecule has 1 fully saturated rings. The Kier molecular flexibility index (Phi) is 7.49. The topological polar surface area (TPSA) is 84.9 Å². The third kappa shape index (κ3) is 5.31. The molecule has 36 heavy (non-hydrogen) atoms. The van der Waals surface area contributed by atoms with Gasteiger partial charge in [0.25, 0.3) is 0 Å². The van der Waals surface area contributed by atoms with Crippen LogP contribution in [0.5, 0.6) is 5.75 Å². The maximum absolute atomic E-state index is 13.7. The number of nitrogens with one attached hydrogen (secondary N) is 1. The molecule has 10 heteroatoms. The van der Waals surface area contributed by atoms with Gasteiger partial charge in [-0.15, -0.1) is 0 Å². The predicted molar refractivity (Wildman–Crippen MR) is 130 cm³/mol. The number of hydrogen-bond acceptors (Lipinski definition) is 5. The molecule has 0 bridgehead atoms. The molecule has 1 N–H and O–H groups in total. The predicted octanol–water partition coefficient (Wildman–Crippen LogP) is 6.18. The highest BCUT2D eigenvalue weighted by Crippen LogP contribution is 2.51. The highest BCUT2D eigenvalue weighted by Gasteiger charge is 2.59. The first-order valence-electron chi connectivity index (χ1n) is 11.7. The van der Waals surface area contributed by atoms with Gasteiger partial charge >= 0.3 is 11.9 Å². The third-order valence-electron chi connectivity index (χ3n) is 6.51. The SMILES string of the molecule is CCOc1cccc(-c2nc(-c3cc(CCC(=O)C4(C(F)(F)F)CCCC4)ccc3Cl)[nH]c(=O)n2)c1. The molecule has 0 saturated heterocycles. The number of aromatic nitrogens is 3. The molecule has 1 aliphatic rings.